The van der Waals surface area contributed by atoms with Crippen molar-refractivity contribution in [1.82, 2.24) is 5.32 Å². The lowest BCUT2D eigenvalue weighted by molar-refractivity contribution is -0.122. The van der Waals surface area contributed by atoms with Crippen LogP contribution in [0.5, 0.6) is 17.2 Å². The number of benzene rings is 4. The summed E-state index contributed by atoms with van der Waals surface area (Å²) in [5.74, 6) is -0.00661. The molecule has 1 saturated heterocycles. The second kappa shape index (κ2) is 13.5. The van der Waals surface area contributed by atoms with Crippen molar-refractivity contribution in [3.8, 4) is 17.2 Å². The predicted molar refractivity (Wildman–Crippen MR) is 165 cm³/mol. The maximum atomic E-state index is 13.3. The molecule has 4 aromatic rings. The number of imide groups is 2. The van der Waals surface area contributed by atoms with E-state index >= 15 is 0 Å². The summed E-state index contributed by atoms with van der Waals surface area (Å²) in [6.07, 6.45) is 1.39. The molecule has 0 saturated carbocycles. The molecule has 10 heteroatoms. The standard InChI is InChI=1S/C33H26Cl2N2O6/c1-2-41-30-16-22(12-15-29(30)43-19-21-8-4-3-5-9-21)20-42-28-11-7-6-10-23(28)17-25-31(38)36-33(40)37(32(25)39)24-13-14-26(34)27(35)18-24/h3-18H,2,19-20H2,1H3,(H,36,38,40)/b25-17-. The topological polar surface area (TPSA) is 94.2 Å². The average Bonchev–Trinajstić information content (AvgIpc) is 3.00. The van der Waals surface area contributed by atoms with E-state index in [0.717, 1.165) is 16.0 Å². The van der Waals surface area contributed by atoms with Crippen LogP contribution in [0.3, 0.4) is 0 Å². The van der Waals surface area contributed by atoms with E-state index in [9.17, 15) is 14.4 Å². The lowest BCUT2D eigenvalue weighted by atomic mass is 10.1. The Hall–Kier alpha value is -4.79. The second-order valence-corrected chi connectivity index (χ2v) is 10.2. The summed E-state index contributed by atoms with van der Waals surface area (Å²) >= 11 is 12.1. The predicted octanol–water partition coefficient (Wildman–Crippen LogP) is 7.22. The Bertz CT molecular complexity index is 1710. The number of carbonyl (C=O) groups excluding carboxylic acids is 3. The van der Waals surface area contributed by atoms with E-state index in [0.29, 0.717) is 36.0 Å². The highest BCUT2D eigenvalue weighted by Crippen LogP contribution is 2.32. The number of hydrogen-bond donors (Lipinski definition) is 1. The maximum Gasteiger partial charge on any atom is 0.335 e. The van der Waals surface area contributed by atoms with Gasteiger partial charge in [-0.25, -0.2) is 9.69 Å². The van der Waals surface area contributed by atoms with Crippen LogP contribution in [0.25, 0.3) is 6.08 Å². The van der Waals surface area contributed by atoms with E-state index < -0.39 is 17.8 Å². The Kier molecular flexibility index (Phi) is 9.29. The molecule has 5 rings (SSSR count). The van der Waals surface area contributed by atoms with E-state index in [1.807, 2.05) is 55.5 Å². The molecular formula is C33H26Cl2N2O6. The van der Waals surface area contributed by atoms with Gasteiger partial charge >= 0.3 is 6.03 Å². The number of nitrogens with zero attached hydrogens (tertiary/aromatic N) is 1. The second-order valence-electron chi connectivity index (χ2n) is 9.37. The zero-order valence-corrected chi connectivity index (χ0v) is 24.5. The van der Waals surface area contributed by atoms with Crippen molar-refractivity contribution in [2.24, 2.45) is 0 Å². The van der Waals surface area contributed by atoms with Gasteiger partial charge in [0.15, 0.2) is 11.5 Å². The Morgan fingerprint density at radius 1 is 0.721 bits per heavy atom. The zero-order valence-electron chi connectivity index (χ0n) is 23.0. The first-order valence-electron chi connectivity index (χ1n) is 13.3. The van der Waals surface area contributed by atoms with E-state index in [4.69, 9.17) is 37.4 Å². The minimum atomic E-state index is -0.892. The summed E-state index contributed by atoms with van der Waals surface area (Å²) in [4.78, 5) is 39.5. The lowest BCUT2D eigenvalue weighted by Gasteiger charge is -2.26. The van der Waals surface area contributed by atoms with Crippen molar-refractivity contribution >= 4 is 52.8 Å². The number of halogens is 2. The summed E-state index contributed by atoms with van der Waals surface area (Å²) in [7, 11) is 0. The molecule has 4 amide bonds. The third-order valence-electron chi connectivity index (χ3n) is 6.42. The Morgan fingerprint density at radius 3 is 2.21 bits per heavy atom. The molecule has 4 aromatic carbocycles. The number of urea groups is 1. The molecule has 0 aromatic heterocycles. The lowest BCUT2D eigenvalue weighted by Crippen LogP contribution is -2.54. The molecule has 1 heterocycles. The van der Waals surface area contributed by atoms with Crippen molar-refractivity contribution in [2.75, 3.05) is 11.5 Å². The van der Waals surface area contributed by atoms with Crippen LogP contribution < -0.4 is 24.4 Å². The highest BCUT2D eigenvalue weighted by molar-refractivity contribution is 6.43. The van der Waals surface area contributed by atoms with Crippen LogP contribution in [0.2, 0.25) is 10.0 Å². The van der Waals surface area contributed by atoms with Gasteiger partial charge in [-0.1, -0.05) is 77.8 Å². The van der Waals surface area contributed by atoms with Crippen molar-refractivity contribution in [1.29, 1.82) is 0 Å². The molecule has 43 heavy (non-hydrogen) atoms. The van der Waals surface area contributed by atoms with Gasteiger partial charge in [0.1, 0.15) is 24.5 Å². The first kappa shape index (κ1) is 29.7. The summed E-state index contributed by atoms with van der Waals surface area (Å²) in [6, 6.07) is 25.8. The van der Waals surface area contributed by atoms with Gasteiger partial charge in [0.2, 0.25) is 0 Å². The highest BCUT2D eigenvalue weighted by atomic mass is 35.5. The van der Waals surface area contributed by atoms with Gasteiger partial charge < -0.3 is 14.2 Å². The van der Waals surface area contributed by atoms with E-state index in [1.165, 1.54) is 24.3 Å². The van der Waals surface area contributed by atoms with Crippen LogP contribution in [0.1, 0.15) is 23.6 Å². The van der Waals surface area contributed by atoms with E-state index in [2.05, 4.69) is 5.32 Å². The van der Waals surface area contributed by atoms with Crippen LogP contribution in [0, 0.1) is 0 Å². The Balaban J connectivity index is 1.35. The molecule has 0 bridgehead atoms. The summed E-state index contributed by atoms with van der Waals surface area (Å²) < 4.78 is 17.9. The van der Waals surface area contributed by atoms with E-state index in [1.54, 1.807) is 24.3 Å². The number of nitrogens with one attached hydrogen (secondary N) is 1. The number of carbonyl (C=O) groups is 3. The molecule has 0 unspecified atom stereocenters. The SMILES string of the molecule is CCOc1cc(COc2ccccc2/C=C2/C(=O)NC(=O)N(c3ccc(Cl)c(Cl)c3)C2=O)ccc1OCc1ccccc1. The molecule has 218 valence electrons. The molecule has 0 spiro atoms. The molecule has 1 aliphatic heterocycles. The first-order chi connectivity index (χ1) is 20.8. The first-order valence-corrected chi connectivity index (χ1v) is 14.1. The summed E-state index contributed by atoms with van der Waals surface area (Å²) in [6.45, 7) is 2.93. The smallest absolute Gasteiger partial charge is 0.335 e. The van der Waals surface area contributed by atoms with Crippen LogP contribution >= 0.6 is 23.2 Å². The highest BCUT2D eigenvalue weighted by Gasteiger charge is 2.37. The van der Waals surface area contributed by atoms with Crippen LogP contribution in [0.15, 0.2) is 96.6 Å². The van der Waals surface area contributed by atoms with Gasteiger partial charge in [-0.2, -0.15) is 0 Å². The monoisotopic (exact) mass is 616 g/mol. The molecule has 1 fully saturated rings. The molecule has 1 N–H and O–H groups in total. The number of ether oxygens (including phenoxy) is 3. The van der Waals surface area contributed by atoms with Crippen molar-refractivity contribution in [3.63, 3.8) is 0 Å². The van der Waals surface area contributed by atoms with Gasteiger partial charge in [0.05, 0.1) is 22.3 Å². The maximum absolute atomic E-state index is 13.3. The quantitative estimate of drug-likeness (QED) is 0.149. The fourth-order valence-corrected chi connectivity index (χ4v) is 4.62. The van der Waals surface area contributed by atoms with Gasteiger partial charge in [-0.05, 0) is 60.5 Å². The summed E-state index contributed by atoms with van der Waals surface area (Å²) in [5.41, 5.74) is 2.25. The molecule has 8 nitrogen and oxygen atoms in total. The number of barbiturate groups is 1. The largest absolute Gasteiger partial charge is 0.490 e. The number of para-hydroxylation sites is 1. The Morgan fingerprint density at radius 2 is 1.44 bits per heavy atom. The van der Waals surface area contributed by atoms with Crippen molar-refractivity contribution < 1.29 is 28.6 Å². The van der Waals surface area contributed by atoms with Gasteiger partial charge in [-0.3, -0.25) is 14.9 Å². The normalized spacial score (nSPS) is 14.1. The van der Waals surface area contributed by atoms with E-state index in [-0.39, 0.29) is 27.9 Å². The average molecular weight is 617 g/mol. The fourth-order valence-electron chi connectivity index (χ4n) is 4.33. The third-order valence-corrected chi connectivity index (χ3v) is 7.16. The number of amides is 4. The van der Waals surface area contributed by atoms with Gasteiger partial charge in [-0.15, -0.1) is 0 Å². The van der Waals surface area contributed by atoms with Crippen LogP contribution in [-0.4, -0.2) is 24.5 Å². The van der Waals surface area contributed by atoms with Crippen molar-refractivity contribution in [3.05, 3.63) is 123 Å². The zero-order chi connectivity index (χ0) is 30.3. The molecule has 0 radical (unpaired) electrons. The summed E-state index contributed by atoms with van der Waals surface area (Å²) in [5, 5.41) is 2.62. The minimum Gasteiger partial charge on any atom is -0.490 e. The van der Waals surface area contributed by atoms with Crippen LogP contribution in [0.4, 0.5) is 10.5 Å². The molecular weight excluding hydrogens is 591 g/mol. The van der Waals surface area contributed by atoms with Crippen LogP contribution in [-0.2, 0) is 22.8 Å². The molecule has 1 aliphatic rings. The minimum absolute atomic E-state index is 0.157. The third kappa shape index (κ3) is 6.99. The number of hydrogen-bond acceptors (Lipinski definition) is 6. The van der Waals surface area contributed by atoms with Gasteiger partial charge in [0, 0.05) is 5.56 Å². The number of rotatable bonds is 10. The van der Waals surface area contributed by atoms with Gasteiger partial charge in [0.25, 0.3) is 11.8 Å². The number of anilines is 1. The molecule has 0 aliphatic carbocycles. The Labute approximate surface area is 258 Å². The van der Waals surface area contributed by atoms with Crippen molar-refractivity contribution in [2.45, 2.75) is 20.1 Å². The fraction of sp³-hybridized carbons (Fsp3) is 0.121. The molecule has 0 atom stereocenters.